The molecule has 0 saturated carbocycles. The molecule has 2 fully saturated rings. The number of carboxylic acids is 1. The Bertz CT molecular complexity index is 8330. The van der Waals surface area contributed by atoms with Crippen molar-refractivity contribution in [2.75, 3.05) is 30.3 Å². The number of β-lactam (4-membered cyclic amide) rings is 2. The number of hydrogen-bond acceptors (Lipinski definition) is 35. The molecule has 0 radical (unpaired) electrons. The van der Waals surface area contributed by atoms with Gasteiger partial charge < -0.3 is 65.2 Å². The Morgan fingerprint density at radius 2 is 0.831 bits per heavy atom. The van der Waals surface area contributed by atoms with Crippen LogP contribution in [0.1, 0.15) is 127 Å². The number of hydrogen-bond donors (Lipinski definition) is 7. The molecule has 6 aromatic heterocycles. The Hall–Kier alpha value is -18.6. The summed E-state index contributed by atoms with van der Waals surface area (Å²) in [6, 6.07) is 1.69. The first-order valence-electron chi connectivity index (χ1n) is 41.4. The molecule has 4 atom stereocenters. The van der Waals surface area contributed by atoms with Crippen LogP contribution in [0.25, 0.3) is 23.0 Å². The number of esters is 2. The van der Waals surface area contributed by atoms with Gasteiger partial charge in [0.05, 0.1) is 60.9 Å². The maximum absolute atomic E-state index is 13.7. The molecular formula is C102H80N15NaO26S4. The number of ketones is 2. The van der Waals surface area contributed by atoms with Crippen molar-refractivity contribution in [2.45, 2.75) is 164 Å². The number of aromatic nitrogens is 10. The molecule has 8 N–H and O–H groups in total. The molecule has 46 heteroatoms. The number of terminal acetylenes is 1. The summed E-state index contributed by atoms with van der Waals surface area (Å²) in [5.41, 5.74) is -5.38. The molecule has 744 valence electrons. The normalized spacial score (nSPS) is 12.4. The quantitative estimate of drug-likeness (QED) is 0.00607. The Morgan fingerprint density at radius 3 is 1.12 bits per heavy atom. The average molecular weight is 2080 g/mol. The zero-order valence-electron chi connectivity index (χ0n) is 80.1. The largest absolute Gasteiger partial charge is 1.00 e. The number of ether oxygens (including phenoxy) is 2. The van der Waals surface area contributed by atoms with Crippen molar-refractivity contribution in [1.82, 2.24) is 57.2 Å². The first kappa shape index (κ1) is 122. The number of H-pyrrole nitrogens is 2. The van der Waals surface area contributed by atoms with Crippen LogP contribution in [-0.2, 0) is 102 Å². The van der Waals surface area contributed by atoms with Crippen molar-refractivity contribution in [3.05, 3.63) is 93.1 Å². The van der Waals surface area contributed by atoms with Crippen LogP contribution >= 0.6 is 22.7 Å². The van der Waals surface area contributed by atoms with Gasteiger partial charge in [-0.05, 0) is 185 Å². The van der Waals surface area contributed by atoms with Crippen molar-refractivity contribution in [2.24, 2.45) is 22.1 Å². The zero-order valence-corrected chi connectivity index (χ0v) is 85.3. The summed E-state index contributed by atoms with van der Waals surface area (Å²) in [6.45, 7) is 17.5. The monoisotopic (exact) mass is 2080 g/mol. The summed E-state index contributed by atoms with van der Waals surface area (Å²) in [6.07, 6.45) is 2.99. The molecular weight excluding hydrogens is 2000 g/mol. The number of carboxylic acid groups (broad SMARTS) is 1. The predicted octanol–water partition coefficient (Wildman–Crippen LogP) is -4.57. The molecule has 41 nitrogen and oxygen atoms in total. The van der Waals surface area contributed by atoms with Gasteiger partial charge in [0.15, 0.2) is 68.4 Å². The number of nitrogens with two attached hydrogens (primary N) is 1. The minimum absolute atomic E-state index is 0. The van der Waals surface area contributed by atoms with Gasteiger partial charge in [0, 0.05) is 191 Å². The van der Waals surface area contributed by atoms with Crippen molar-refractivity contribution >= 4 is 112 Å². The molecule has 148 heavy (non-hydrogen) atoms. The topological polar surface area (TPSA) is 591 Å². The van der Waals surface area contributed by atoms with E-state index in [2.05, 4.69) is 271 Å². The van der Waals surface area contributed by atoms with Crippen molar-refractivity contribution < 1.29 is 134 Å². The molecule has 6 aromatic rings. The summed E-state index contributed by atoms with van der Waals surface area (Å²) in [7, 11) is -9.80. The van der Waals surface area contributed by atoms with Crippen LogP contribution in [-0.4, -0.2) is 218 Å². The van der Waals surface area contributed by atoms with Gasteiger partial charge in [0.25, 0.3) is 20.0 Å². The number of carbonyl (C=O) groups is 9. The SMILES string of the molecule is C.C#CC#CC#CC#CC#CC#CC#CC#CC#CC#CC#CC#CC#CC#CC#CC#CC#CC#CC#CC#CC.C[C@H](O)Cn1c(-c2cc(=O)c(O)c[nH]2)nn(S(=O)(=O)CC(=O)N2C[C@H](CC(=O)/C(=N\OC(C)(C)C(=O)OC(C)(C)C)c3csc(CC(=O)OC(C)(C)C)n3)C2=O)c1=O.C[C@H](O)Cn1c(-c2cc(=O)c(O)c[nH]2)nn(S(=O)(=O)CC(=O)N2C[C@H](CC(=O)/C(=N\OC(C)(C)C(=O)[O-])c3csc(N)n3)C2=O)c1=O.[Na+]. The minimum atomic E-state index is -4.92. The van der Waals surface area contributed by atoms with Gasteiger partial charge in [-0.2, -0.15) is 0 Å². The summed E-state index contributed by atoms with van der Waals surface area (Å²) in [4.78, 5) is 190. The van der Waals surface area contributed by atoms with Gasteiger partial charge in [0.1, 0.15) is 27.6 Å². The maximum atomic E-state index is 13.7. The third-order valence-corrected chi connectivity index (χ3v) is 21.1. The van der Waals surface area contributed by atoms with E-state index in [0.717, 1.165) is 70.2 Å². The number of aliphatic hydroxyl groups excluding tert-OH is 2. The van der Waals surface area contributed by atoms with Gasteiger partial charge in [-0.3, -0.25) is 62.1 Å². The number of pyridine rings is 2. The number of aliphatic carboxylic acids is 1. The fourth-order valence-electron chi connectivity index (χ4n) is 10.4. The number of aromatic hydroxyl groups is 2. The van der Waals surface area contributed by atoms with Crippen LogP contribution in [0.3, 0.4) is 0 Å². The maximum Gasteiger partial charge on any atom is 1.00 e. The van der Waals surface area contributed by atoms with E-state index in [9.17, 15) is 105 Å². The summed E-state index contributed by atoms with van der Waals surface area (Å²) >= 11 is 1.96. The molecule has 2 aliphatic rings. The van der Waals surface area contributed by atoms with Crippen LogP contribution in [0.2, 0.25) is 0 Å². The molecule has 4 amide bonds. The average Bonchev–Trinajstić information content (AvgIpc) is 1.36. The van der Waals surface area contributed by atoms with E-state index in [1.807, 2.05) is 0 Å². The van der Waals surface area contributed by atoms with E-state index in [4.69, 9.17) is 31.3 Å². The second-order valence-corrected chi connectivity index (χ2v) is 37.1. The molecule has 8 heterocycles. The number of aliphatic hydroxyl groups is 2. The number of nitrogen functional groups attached to an aromatic ring is 1. The molecule has 2 saturated heterocycles. The number of imide groups is 2. The first-order valence-corrected chi connectivity index (χ1v) is 46.3. The van der Waals surface area contributed by atoms with Crippen LogP contribution in [0.5, 0.6) is 11.5 Å². The van der Waals surface area contributed by atoms with Crippen molar-refractivity contribution in [1.29, 1.82) is 0 Å². The second-order valence-electron chi connectivity index (χ2n) is 31.7. The molecule has 0 unspecified atom stereocenters. The van der Waals surface area contributed by atoms with Gasteiger partial charge >= 0.3 is 52.9 Å². The minimum Gasteiger partial charge on any atom is -0.546 e. The number of nitrogens with one attached hydrogen (secondary N) is 2. The van der Waals surface area contributed by atoms with E-state index in [1.165, 1.54) is 38.5 Å². The molecule has 0 spiro atoms. The van der Waals surface area contributed by atoms with E-state index in [1.54, 1.807) is 48.5 Å². The summed E-state index contributed by atoms with van der Waals surface area (Å²) in [5, 5.41) is 68.3. The predicted molar refractivity (Wildman–Crippen MR) is 531 cm³/mol. The summed E-state index contributed by atoms with van der Waals surface area (Å²) in [5.74, 6) is 80.7. The molecule has 8 rings (SSSR count). The number of likely N-dealkylation sites (tertiary alicyclic amines) is 2. The Balaban J connectivity index is 0.000000467. The fourth-order valence-corrected chi connectivity index (χ4v) is 14.0. The number of thiazole rings is 2. The number of anilines is 1. The number of oxime groups is 2. The van der Waals surface area contributed by atoms with Crippen LogP contribution in [0.4, 0.5) is 5.13 Å². The van der Waals surface area contributed by atoms with Gasteiger partial charge in [-0.15, -0.1) is 47.5 Å². The van der Waals surface area contributed by atoms with Gasteiger partial charge in [-0.1, -0.05) is 23.7 Å². The van der Waals surface area contributed by atoms with Gasteiger partial charge in [0.2, 0.25) is 40.1 Å². The first-order chi connectivity index (χ1) is 68.8. The van der Waals surface area contributed by atoms with Crippen LogP contribution < -0.4 is 62.6 Å². The number of carbonyl (C=O) groups excluding carboxylic acids is 9. The van der Waals surface area contributed by atoms with E-state index >= 15 is 0 Å². The Labute approximate surface area is 879 Å². The third-order valence-electron chi connectivity index (χ3n) is 16.8. The third kappa shape index (κ3) is 39.4. The summed E-state index contributed by atoms with van der Waals surface area (Å²) < 4.78 is 65.1. The fraction of sp³-hybridized carbons (Fsp3) is 0.304. The molecule has 0 aromatic carbocycles. The Kier molecular flexibility index (Phi) is 47.3. The smallest absolute Gasteiger partial charge is 0.546 e. The van der Waals surface area contributed by atoms with Gasteiger partial charge in [-0.25, -0.2) is 41.2 Å². The Morgan fingerprint density at radius 1 is 0.514 bits per heavy atom. The second kappa shape index (κ2) is 57.5. The number of Topliss-reactive ketones (excluding diaryl/α,β-unsaturated/α-hetero) is 2. The molecule has 0 aliphatic carbocycles. The van der Waals surface area contributed by atoms with E-state index in [0.29, 0.717) is 9.80 Å². The molecule has 2 aliphatic heterocycles. The van der Waals surface area contributed by atoms with Crippen molar-refractivity contribution in [3.63, 3.8) is 0 Å². The van der Waals surface area contributed by atoms with E-state index in [-0.39, 0.29) is 91.0 Å². The number of rotatable bonds is 28. The van der Waals surface area contributed by atoms with Crippen LogP contribution in [0.15, 0.2) is 64.8 Å². The van der Waals surface area contributed by atoms with Crippen LogP contribution in [0, 0.1) is 249 Å². The number of amides is 4. The number of nitrogens with zero attached hydrogens (tertiary/aromatic N) is 12. The zero-order chi connectivity index (χ0) is 108. The standard InChI is InChI=1S/C41H4.C35H45N7O14S2.C25H28N8O12S2.CH4.Na/c1-3-5-7-9-11-13-15-17-19-21-23-25-27-29-31-33-35-37-39-41-40-38-36-34-32-30-28-26-24-22-20-18-16-14-12-10-8-6-4-2;1-18(43)14-41-29(20-11-22(44)24(46)13-36-20)38-42(32(41)51)58(52,53)17-26(47)40-15-19(30(40)49)10-23(45)28(39-56-35(8,9)31(50)55-34(5,6)7)21-16-57-25(37-21)12-27(48)54-33(2,3)4;1-11(34)7-32-20(13-5-15(35)17(37)6-27-13)29-33(24(32)42)47(43,44)10-18(38)31-8-12(21(31)39)4-16(36)19(14-9-46-23(26)28-14)30-45-25(2,3)22(40)41;;/h1H,2H3;11,13,16,18-19,43,46H,10,12,14-15,17H2,1-9H3,(H,36,44);5-6,9,11-12,34,37H,4,7-8,10H2,1-3H3,(H2,26,28)(H,27,35)(H,40,41);1H4;/q;;;;+1/p-1/b;39-28-;30-19-;;/t;18-,19-;11-,12-;;/m.00../s1. The molecule has 0 bridgehead atoms. The van der Waals surface area contributed by atoms with E-state index < -0.39 is 220 Å². The van der Waals surface area contributed by atoms with Crippen molar-refractivity contribution in [3.8, 4) is 272 Å². The number of aromatic amines is 2.